The summed E-state index contributed by atoms with van der Waals surface area (Å²) in [5, 5.41) is 2.75. The number of carbonyl (C=O) groups is 1. The zero-order chi connectivity index (χ0) is 15.5. The molecule has 0 aliphatic carbocycles. The maximum atomic E-state index is 12.3. The highest BCUT2D eigenvalue weighted by Crippen LogP contribution is 2.22. The van der Waals surface area contributed by atoms with Gasteiger partial charge in [-0.3, -0.25) is 9.69 Å². The number of rotatable bonds is 4. The molecule has 2 rings (SSSR count). The highest BCUT2D eigenvalue weighted by molar-refractivity contribution is 9.10. The number of hydrogen-bond donors (Lipinski definition) is 1. The van der Waals surface area contributed by atoms with Crippen LogP contribution in [0.15, 0.2) is 21.2 Å². The van der Waals surface area contributed by atoms with E-state index in [-0.39, 0.29) is 17.6 Å². The summed E-state index contributed by atoms with van der Waals surface area (Å²) in [6, 6.07) is 3.19. The van der Waals surface area contributed by atoms with E-state index in [9.17, 15) is 18.0 Å². The third kappa shape index (κ3) is 5.35. The molecule has 0 aromatic carbocycles. The molecule has 0 radical (unpaired) electrons. The third-order valence-corrected chi connectivity index (χ3v) is 3.88. The second-order valence-corrected chi connectivity index (χ2v) is 5.93. The lowest BCUT2D eigenvalue weighted by Gasteiger charge is -2.32. The smallest absolute Gasteiger partial charge is 0.401 e. The minimum Gasteiger partial charge on any atom is -0.444 e. The SMILES string of the molecule is O=C(NCC1CCN(CC(F)(F)F)CC1)c1ccc(Br)o1. The lowest BCUT2D eigenvalue weighted by Crippen LogP contribution is -2.42. The predicted molar refractivity (Wildman–Crippen MR) is 74.0 cm³/mol. The first-order valence-electron chi connectivity index (χ1n) is 6.66. The van der Waals surface area contributed by atoms with Gasteiger partial charge >= 0.3 is 6.18 Å². The van der Waals surface area contributed by atoms with Gasteiger partial charge < -0.3 is 9.73 Å². The van der Waals surface area contributed by atoms with E-state index in [4.69, 9.17) is 4.42 Å². The molecule has 1 aliphatic heterocycles. The van der Waals surface area contributed by atoms with Gasteiger partial charge in [-0.2, -0.15) is 13.2 Å². The van der Waals surface area contributed by atoms with E-state index in [0.29, 0.717) is 37.1 Å². The highest BCUT2D eigenvalue weighted by Gasteiger charge is 2.32. The van der Waals surface area contributed by atoms with Crippen molar-refractivity contribution in [2.75, 3.05) is 26.2 Å². The molecular weight excluding hydrogens is 353 g/mol. The molecule has 4 nitrogen and oxygen atoms in total. The molecule has 1 fully saturated rings. The molecule has 2 heterocycles. The van der Waals surface area contributed by atoms with Crippen LogP contribution < -0.4 is 5.32 Å². The molecule has 0 spiro atoms. The van der Waals surface area contributed by atoms with Gasteiger partial charge in [-0.1, -0.05) is 0 Å². The summed E-state index contributed by atoms with van der Waals surface area (Å²) in [6.07, 6.45) is -2.84. The van der Waals surface area contributed by atoms with Crippen LogP contribution in [0.1, 0.15) is 23.4 Å². The van der Waals surface area contributed by atoms with Gasteiger partial charge in [-0.25, -0.2) is 0 Å². The van der Waals surface area contributed by atoms with Gasteiger partial charge in [0.25, 0.3) is 5.91 Å². The van der Waals surface area contributed by atoms with Crippen molar-refractivity contribution in [2.45, 2.75) is 19.0 Å². The monoisotopic (exact) mass is 368 g/mol. The average molecular weight is 369 g/mol. The maximum absolute atomic E-state index is 12.3. The number of carbonyl (C=O) groups excluding carboxylic acids is 1. The van der Waals surface area contributed by atoms with Gasteiger partial charge in [-0.15, -0.1) is 0 Å². The Kier molecular flexibility index (Phi) is 5.32. The molecule has 0 bridgehead atoms. The first-order chi connectivity index (χ1) is 9.83. The van der Waals surface area contributed by atoms with Crippen molar-refractivity contribution in [3.05, 3.63) is 22.6 Å². The molecule has 21 heavy (non-hydrogen) atoms. The number of alkyl halides is 3. The number of nitrogens with one attached hydrogen (secondary N) is 1. The first-order valence-corrected chi connectivity index (χ1v) is 7.45. The molecule has 1 amide bonds. The van der Waals surface area contributed by atoms with Gasteiger partial charge in [0.1, 0.15) is 0 Å². The molecule has 1 aromatic heterocycles. The summed E-state index contributed by atoms with van der Waals surface area (Å²) >= 11 is 3.11. The molecule has 0 saturated carbocycles. The maximum Gasteiger partial charge on any atom is 0.401 e. The zero-order valence-electron chi connectivity index (χ0n) is 11.3. The van der Waals surface area contributed by atoms with E-state index < -0.39 is 12.7 Å². The molecule has 1 saturated heterocycles. The van der Waals surface area contributed by atoms with Crippen molar-refractivity contribution in [3.63, 3.8) is 0 Å². The van der Waals surface area contributed by atoms with Gasteiger partial charge in [0.2, 0.25) is 0 Å². The van der Waals surface area contributed by atoms with E-state index >= 15 is 0 Å². The van der Waals surface area contributed by atoms with Crippen molar-refractivity contribution in [2.24, 2.45) is 5.92 Å². The predicted octanol–water partition coefficient (Wildman–Crippen LogP) is 3.05. The number of furan rings is 1. The van der Waals surface area contributed by atoms with Gasteiger partial charge in [0, 0.05) is 6.54 Å². The molecule has 1 aliphatic rings. The lowest BCUT2D eigenvalue weighted by atomic mass is 9.97. The Bertz CT molecular complexity index is 482. The van der Waals surface area contributed by atoms with Crippen LogP contribution in [0.4, 0.5) is 13.2 Å². The summed E-state index contributed by atoms with van der Waals surface area (Å²) in [6.45, 7) is 0.419. The number of likely N-dealkylation sites (tertiary alicyclic amines) is 1. The van der Waals surface area contributed by atoms with Crippen LogP contribution in [-0.4, -0.2) is 43.2 Å². The van der Waals surface area contributed by atoms with Crippen LogP contribution in [0.3, 0.4) is 0 Å². The minimum absolute atomic E-state index is 0.205. The summed E-state index contributed by atoms with van der Waals surface area (Å²) in [4.78, 5) is 13.2. The van der Waals surface area contributed by atoms with Crippen molar-refractivity contribution >= 4 is 21.8 Å². The summed E-state index contributed by atoms with van der Waals surface area (Å²) in [7, 11) is 0. The standard InChI is InChI=1S/C13H16BrF3N2O2/c14-11-2-1-10(21-11)12(20)18-7-9-3-5-19(6-4-9)8-13(15,16)17/h1-2,9H,3-8H2,(H,18,20). The first kappa shape index (κ1) is 16.4. The second-order valence-electron chi connectivity index (χ2n) is 5.15. The van der Waals surface area contributed by atoms with Crippen molar-refractivity contribution in [1.82, 2.24) is 10.2 Å². The van der Waals surface area contributed by atoms with Crippen molar-refractivity contribution in [3.8, 4) is 0 Å². The van der Waals surface area contributed by atoms with E-state index in [1.807, 2.05) is 0 Å². The number of piperidine rings is 1. The van der Waals surface area contributed by atoms with Crippen molar-refractivity contribution in [1.29, 1.82) is 0 Å². The Morgan fingerprint density at radius 3 is 2.57 bits per heavy atom. The molecule has 0 unspecified atom stereocenters. The van der Waals surface area contributed by atoms with Crippen LogP contribution in [0.25, 0.3) is 0 Å². The summed E-state index contributed by atoms with van der Waals surface area (Å²) in [5.41, 5.74) is 0. The van der Waals surface area contributed by atoms with Crippen molar-refractivity contribution < 1.29 is 22.4 Å². The molecule has 118 valence electrons. The Hall–Kier alpha value is -1.02. The number of hydrogen-bond acceptors (Lipinski definition) is 3. The average Bonchev–Trinajstić information content (AvgIpc) is 2.82. The summed E-state index contributed by atoms with van der Waals surface area (Å²) < 4.78 is 42.4. The third-order valence-electron chi connectivity index (χ3n) is 3.46. The quantitative estimate of drug-likeness (QED) is 0.888. The van der Waals surface area contributed by atoms with Crippen LogP contribution >= 0.6 is 15.9 Å². The lowest BCUT2D eigenvalue weighted by molar-refractivity contribution is -0.148. The van der Waals surface area contributed by atoms with Gasteiger partial charge in [-0.05, 0) is 59.9 Å². The number of amides is 1. The van der Waals surface area contributed by atoms with Crippen LogP contribution in [0.2, 0.25) is 0 Å². The Balaban J connectivity index is 1.70. The van der Waals surface area contributed by atoms with E-state index in [1.54, 1.807) is 12.1 Å². The Morgan fingerprint density at radius 2 is 2.05 bits per heavy atom. The second kappa shape index (κ2) is 6.83. The van der Waals surface area contributed by atoms with Crippen LogP contribution in [-0.2, 0) is 0 Å². The molecule has 1 N–H and O–H groups in total. The molecule has 8 heteroatoms. The Labute approximate surface area is 128 Å². The van der Waals surface area contributed by atoms with Crippen LogP contribution in [0, 0.1) is 5.92 Å². The fraction of sp³-hybridized carbons (Fsp3) is 0.615. The fourth-order valence-corrected chi connectivity index (χ4v) is 2.67. The molecular formula is C13H16BrF3N2O2. The topological polar surface area (TPSA) is 45.5 Å². The van der Waals surface area contributed by atoms with E-state index in [0.717, 1.165) is 0 Å². The minimum atomic E-state index is -4.15. The van der Waals surface area contributed by atoms with Gasteiger partial charge in [0.05, 0.1) is 6.54 Å². The van der Waals surface area contributed by atoms with Crippen LogP contribution in [0.5, 0.6) is 0 Å². The van der Waals surface area contributed by atoms with E-state index in [2.05, 4.69) is 21.2 Å². The number of halogens is 4. The summed E-state index contributed by atoms with van der Waals surface area (Å²) in [5.74, 6) is 0.117. The molecule has 0 atom stereocenters. The fourth-order valence-electron chi connectivity index (χ4n) is 2.36. The highest BCUT2D eigenvalue weighted by atomic mass is 79.9. The van der Waals surface area contributed by atoms with E-state index in [1.165, 1.54) is 4.90 Å². The van der Waals surface area contributed by atoms with Gasteiger partial charge in [0.15, 0.2) is 10.4 Å². The zero-order valence-corrected chi connectivity index (χ0v) is 12.8. The number of nitrogens with zero attached hydrogens (tertiary/aromatic N) is 1. The molecule has 1 aromatic rings. The Morgan fingerprint density at radius 1 is 1.38 bits per heavy atom. The normalized spacial score (nSPS) is 17.9. The largest absolute Gasteiger partial charge is 0.444 e.